The lowest BCUT2D eigenvalue weighted by molar-refractivity contribution is 0.255. The standard InChI is InChI=1S/C17H19ClFN5O/c1-3-23-7-6-11(2)24(16-14(23)4-5-15(18)22-16)17(25)21-13-8-12(19)9-20-10-13/h4-5,8-11H,3,6-7H2,1-2H3,(H,21,25)/t11-/m1/s1. The molecule has 0 aliphatic carbocycles. The Morgan fingerprint density at radius 1 is 1.44 bits per heavy atom. The van der Waals surface area contributed by atoms with Gasteiger partial charge in [0.25, 0.3) is 0 Å². The molecule has 2 amide bonds. The Kier molecular flexibility index (Phi) is 5.03. The van der Waals surface area contributed by atoms with Crippen LogP contribution in [0.5, 0.6) is 0 Å². The highest BCUT2D eigenvalue weighted by Crippen LogP contribution is 2.34. The lowest BCUT2D eigenvalue weighted by Crippen LogP contribution is -2.42. The van der Waals surface area contributed by atoms with Crippen molar-refractivity contribution in [2.75, 3.05) is 28.2 Å². The first-order chi connectivity index (χ1) is 12.0. The lowest BCUT2D eigenvalue weighted by Gasteiger charge is -2.27. The van der Waals surface area contributed by atoms with Crippen molar-refractivity contribution in [1.82, 2.24) is 9.97 Å². The van der Waals surface area contributed by atoms with Gasteiger partial charge in [0, 0.05) is 25.2 Å². The second kappa shape index (κ2) is 7.23. The van der Waals surface area contributed by atoms with Crippen molar-refractivity contribution in [3.05, 3.63) is 41.6 Å². The molecule has 3 heterocycles. The molecule has 0 radical (unpaired) electrons. The summed E-state index contributed by atoms with van der Waals surface area (Å²) in [5, 5.41) is 3.00. The maximum Gasteiger partial charge on any atom is 0.327 e. The van der Waals surface area contributed by atoms with Gasteiger partial charge in [0.1, 0.15) is 11.0 Å². The largest absolute Gasteiger partial charge is 0.369 e. The monoisotopic (exact) mass is 363 g/mol. The van der Waals surface area contributed by atoms with Crippen LogP contribution in [0.1, 0.15) is 20.3 Å². The van der Waals surface area contributed by atoms with E-state index >= 15 is 0 Å². The summed E-state index contributed by atoms with van der Waals surface area (Å²) in [5.74, 6) is -0.0124. The van der Waals surface area contributed by atoms with E-state index in [1.165, 1.54) is 12.3 Å². The van der Waals surface area contributed by atoms with E-state index in [0.717, 1.165) is 31.4 Å². The Morgan fingerprint density at radius 3 is 2.96 bits per heavy atom. The SMILES string of the molecule is CCN1CC[C@@H](C)N(C(=O)Nc2cncc(F)c2)c2nc(Cl)ccc21. The second-order valence-corrected chi connectivity index (χ2v) is 6.27. The Bertz CT molecular complexity index is 787. The number of amides is 2. The Morgan fingerprint density at radius 2 is 2.24 bits per heavy atom. The zero-order valence-electron chi connectivity index (χ0n) is 14.0. The fourth-order valence-corrected chi connectivity index (χ4v) is 3.07. The van der Waals surface area contributed by atoms with E-state index in [1.807, 2.05) is 13.0 Å². The number of nitrogens with one attached hydrogen (secondary N) is 1. The number of pyridine rings is 2. The number of anilines is 3. The zero-order chi connectivity index (χ0) is 18.0. The predicted octanol–water partition coefficient (Wildman–Crippen LogP) is 3.93. The molecule has 1 aliphatic heterocycles. The van der Waals surface area contributed by atoms with Gasteiger partial charge in [-0.2, -0.15) is 0 Å². The Balaban J connectivity index is 1.98. The summed E-state index contributed by atoms with van der Waals surface area (Å²) < 4.78 is 13.3. The van der Waals surface area contributed by atoms with E-state index in [-0.39, 0.29) is 11.7 Å². The third kappa shape index (κ3) is 3.66. The smallest absolute Gasteiger partial charge is 0.327 e. The topological polar surface area (TPSA) is 61.4 Å². The highest BCUT2D eigenvalue weighted by Gasteiger charge is 2.31. The number of nitrogens with zero attached hydrogens (tertiary/aromatic N) is 4. The first kappa shape index (κ1) is 17.4. The maximum atomic E-state index is 13.3. The molecule has 0 saturated carbocycles. The highest BCUT2D eigenvalue weighted by atomic mass is 35.5. The van der Waals surface area contributed by atoms with E-state index in [0.29, 0.717) is 11.0 Å². The van der Waals surface area contributed by atoms with Gasteiger partial charge < -0.3 is 10.2 Å². The minimum absolute atomic E-state index is 0.0946. The van der Waals surface area contributed by atoms with Gasteiger partial charge in [-0.1, -0.05) is 11.6 Å². The van der Waals surface area contributed by atoms with Crippen LogP contribution in [0, 0.1) is 5.82 Å². The molecule has 0 saturated heterocycles. The van der Waals surface area contributed by atoms with Gasteiger partial charge in [-0.3, -0.25) is 9.88 Å². The number of rotatable bonds is 2. The number of carbonyl (C=O) groups is 1. The van der Waals surface area contributed by atoms with Crippen LogP contribution in [0.15, 0.2) is 30.6 Å². The van der Waals surface area contributed by atoms with Gasteiger partial charge in [0.05, 0.1) is 23.8 Å². The molecular weight excluding hydrogens is 345 g/mol. The number of fused-ring (bicyclic) bond motifs is 1. The quantitative estimate of drug-likeness (QED) is 0.821. The second-order valence-electron chi connectivity index (χ2n) is 5.89. The van der Waals surface area contributed by atoms with Crippen molar-refractivity contribution in [2.45, 2.75) is 26.3 Å². The predicted molar refractivity (Wildman–Crippen MR) is 96.9 cm³/mol. The molecule has 1 atom stereocenters. The molecule has 0 spiro atoms. The highest BCUT2D eigenvalue weighted by molar-refractivity contribution is 6.29. The fourth-order valence-electron chi connectivity index (χ4n) is 2.93. The van der Waals surface area contributed by atoms with Gasteiger partial charge in [0.15, 0.2) is 5.82 Å². The molecule has 0 fully saturated rings. The van der Waals surface area contributed by atoms with E-state index in [9.17, 15) is 9.18 Å². The summed E-state index contributed by atoms with van der Waals surface area (Å²) in [7, 11) is 0. The van der Waals surface area contributed by atoms with E-state index in [4.69, 9.17) is 11.6 Å². The van der Waals surface area contributed by atoms with Crippen LogP contribution in [0.25, 0.3) is 0 Å². The number of carbonyl (C=O) groups excluding carboxylic acids is 1. The molecule has 0 bridgehead atoms. The number of halogens is 2. The summed E-state index contributed by atoms with van der Waals surface area (Å²) in [6.45, 7) is 5.61. The van der Waals surface area contributed by atoms with E-state index in [2.05, 4.69) is 27.1 Å². The molecule has 25 heavy (non-hydrogen) atoms. The molecule has 1 N–H and O–H groups in total. The molecule has 0 aromatic carbocycles. The van der Waals surface area contributed by atoms with Gasteiger partial charge in [-0.05, 0) is 32.4 Å². The van der Waals surface area contributed by atoms with Crippen molar-refractivity contribution >= 4 is 34.8 Å². The number of hydrogen-bond acceptors (Lipinski definition) is 4. The van der Waals surface area contributed by atoms with Gasteiger partial charge >= 0.3 is 6.03 Å². The van der Waals surface area contributed by atoms with E-state index < -0.39 is 11.8 Å². The van der Waals surface area contributed by atoms with Crippen LogP contribution < -0.4 is 15.1 Å². The summed E-state index contributed by atoms with van der Waals surface area (Å²) in [5.41, 5.74) is 1.14. The van der Waals surface area contributed by atoms with Crippen molar-refractivity contribution in [3.63, 3.8) is 0 Å². The Hall–Kier alpha value is -2.41. The van der Waals surface area contributed by atoms with E-state index in [1.54, 1.807) is 11.0 Å². The zero-order valence-corrected chi connectivity index (χ0v) is 14.8. The first-order valence-electron chi connectivity index (χ1n) is 8.12. The van der Waals surface area contributed by atoms with Gasteiger partial charge in [-0.15, -0.1) is 0 Å². The summed E-state index contributed by atoms with van der Waals surface area (Å²) in [6.07, 6.45) is 3.25. The van der Waals surface area contributed by atoms with Crippen LogP contribution in [-0.4, -0.2) is 35.1 Å². The molecule has 3 rings (SSSR count). The fraction of sp³-hybridized carbons (Fsp3) is 0.353. The lowest BCUT2D eigenvalue weighted by atomic mass is 10.2. The Labute approximate surface area is 150 Å². The third-order valence-corrected chi connectivity index (χ3v) is 4.41. The van der Waals surface area contributed by atoms with Gasteiger partial charge in [-0.25, -0.2) is 14.2 Å². The van der Waals surface area contributed by atoms with Crippen LogP contribution in [0.4, 0.5) is 26.4 Å². The van der Waals surface area contributed by atoms with Crippen molar-refractivity contribution in [3.8, 4) is 0 Å². The number of aromatic nitrogens is 2. The van der Waals surface area contributed by atoms with Crippen LogP contribution in [0.3, 0.4) is 0 Å². The number of urea groups is 1. The molecular formula is C17H19ClFN5O. The molecule has 6 nitrogen and oxygen atoms in total. The van der Waals surface area contributed by atoms with Crippen LogP contribution >= 0.6 is 11.6 Å². The van der Waals surface area contributed by atoms with Crippen molar-refractivity contribution < 1.29 is 9.18 Å². The van der Waals surface area contributed by atoms with Crippen LogP contribution in [0.2, 0.25) is 5.15 Å². The van der Waals surface area contributed by atoms with Crippen molar-refractivity contribution in [2.24, 2.45) is 0 Å². The molecule has 0 unspecified atom stereocenters. The summed E-state index contributed by atoms with van der Waals surface area (Å²) in [6, 6.07) is 4.32. The molecule has 2 aromatic heterocycles. The van der Waals surface area contributed by atoms with Crippen LogP contribution in [-0.2, 0) is 0 Å². The average molecular weight is 364 g/mol. The summed E-state index contributed by atoms with van der Waals surface area (Å²) >= 11 is 6.07. The third-order valence-electron chi connectivity index (χ3n) is 4.20. The summed E-state index contributed by atoms with van der Waals surface area (Å²) in [4.78, 5) is 24.7. The average Bonchev–Trinajstić information content (AvgIpc) is 2.70. The molecule has 132 valence electrons. The number of hydrogen-bond donors (Lipinski definition) is 1. The molecule has 1 aliphatic rings. The molecule has 8 heteroatoms. The maximum absolute atomic E-state index is 13.3. The van der Waals surface area contributed by atoms with Crippen molar-refractivity contribution in [1.29, 1.82) is 0 Å². The minimum Gasteiger partial charge on any atom is -0.369 e. The molecule has 2 aromatic rings. The normalized spacial score (nSPS) is 17.0. The van der Waals surface area contributed by atoms with Gasteiger partial charge in [0.2, 0.25) is 0 Å². The minimum atomic E-state index is -0.513. The first-order valence-corrected chi connectivity index (χ1v) is 8.49.